The molecule has 0 atom stereocenters. The highest BCUT2D eigenvalue weighted by Gasteiger charge is 2.24. The summed E-state index contributed by atoms with van der Waals surface area (Å²) < 4.78 is 29.9. The summed E-state index contributed by atoms with van der Waals surface area (Å²) in [7, 11) is 1.27. The summed E-state index contributed by atoms with van der Waals surface area (Å²) in [6, 6.07) is 6.20. The van der Waals surface area contributed by atoms with Crippen molar-refractivity contribution in [2.45, 2.75) is 0 Å². The number of carbonyl (C=O) groups is 1. The first-order valence-electron chi connectivity index (χ1n) is 7.74. The molecule has 2 aromatic rings. The maximum Gasteiger partial charge on any atom is 0.337 e. The number of nitrogens with zero attached hydrogens (tertiary/aromatic N) is 2. The van der Waals surface area contributed by atoms with Crippen molar-refractivity contribution in [3.05, 3.63) is 45.8 Å². The summed E-state index contributed by atoms with van der Waals surface area (Å²) in [5.74, 6) is -0.991. The van der Waals surface area contributed by atoms with Gasteiger partial charge < -0.3 is 19.1 Å². The Balaban J connectivity index is 1.97. The van der Waals surface area contributed by atoms with Crippen molar-refractivity contribution in [1.82, 2.24) is 4.98 Å². The van der Waals surface area contributed by atoms with E-state index in [1.54, 1.807) is 23.1 Å². The molecular formula is C17H15Cl2FN2O4. The fourth-order valence-corrected chi connectivity index (χ4v) is 3.00. The van der Waals surface area contributed by atoms with Crippen LogP contribution in [0, 0.1) is 5.95 Å². The van der Waals surface area contributed by atoms with Gasteiger partial charge in [0.1, 0.15) is 15.8 Å². The average molecular weight is 401 g/mol. The molecule has 0 saturated carbocycles. The molecule has 0 unspecified atom stereocenters. The number of aromatic nitrogens is 1. The van der Waals surface area contributed by atoms with E-state index in [4.69, 9.17) is 32.7 Å². The molecule has 1 aliphatic heterocycles. The quantitative estimate of drug-likeness (QED) is 0.572. The zero-order chi connectivity index (χ0) is 18.7. The molecule has 138 valence electrons. The van der Waals surface area contributed by atoms with Gasteiger partial charge in [-0.25, -0.2) is 4.79 Å². The van der Waals surface area contributed by atoms with Crippen molar-refractivity contribution in [2.75, 3.05) is 38.3 Å². The van der Waals surface area contributed by atoms with Crippen LogP contribution in [0.25, 0.3) is 0 Å². The number of ether oxygens (including phenoxy) is 3. The van der Waals surface area contributed by atoms with Crippen LogP contribution in [0.4, 0.5) is 10.2 Å². The van der Waals surface area contributed by atoms with Crippen molar-refractivity contribution in [1.29, 1.82) is 0 Å². The molecular weight excluding hydrogens is 386 g/mol. The van der Waals surface area contributed by atoms with Crippen LogP contribution < -0.4 is 9.64 Å². The van der Waals surface area contributed by atoms with Gasteiger partial charge >= 0.3 is 5.97 Å². The van der Waals surface area contributed by atoms with Gasteiger partial charge in [-0.15, -0.1) is 0 Å². The third kappa shape index (κ3) is 3.85. The zero-order valence-electron chi connectivity index (χ0n) is 13.8. The lowest BCUT2D eigenvalue weighted by atomic mass is 10.2. The first-order chi connectivity index (χ1) is 12.5. The number of pyridine rings is 1. The molecule has 9 heteroatoms. The largest absolute Gasteiger partial charge is 0.465 e. The van der Waals surface area contributed by atoms with E-state index >= 15 is 0 Å². The van der Waals surface area contributed by atoms with Crippen molar-refractivity contribution >= 4 is 35.0 Å². The van der Waals surface area contributed by atoms with Gasteiger partial charge in [0.2, 0.25) is 5.95 Å². The molecule has 1 aromatic heterocycles. The molecule has 0 bridgehead atoms. The Morgan fingerprint density at radius 2 is 2.00 bits per heavy atom. The summed E-state index contributed by atoms with van der Waals surface area (Å²) in [5, 5.41) is -0.253. The number of carbonyl (C=O) groups excluding carboxylic acids is 1. The fraction of sp³-hybridized carbons (Fsp3) is 0.294. The molecule has 0 radical (unpaired) electrons. The van der Waals surface area contributed by atoms with E-state index in [1.807, 2.05) is 0 Å². The van der Waals surface area contributed by atoms with Gasteiger partial charge in [-0.05, 0) is 18.2 Å². The Kier molecular flexibility index (Phi) is 5.80. The number of morpholine rings is 1. The highest BCUT2D eigenvalue weighted by atomic mass is 35.5. The van der Waals surface area contributed by atoms with Gasteiger partial charge in [0, 0.05) is 13.1 Å². The van der Waals surface area contributed by atoms with Crippen molar-refractivity contribution in [3.63, 3.8) is 0 Å². The maximum atomic E-state index is 14.2. The molecule has 26 heavy (non-hydrogen) atoms. The number of esters is 1. The van der Waals surface area contributed by atoms with E-state index in [2.05, 4.69) is 9.72 Å². The van der Waals surface area contributed by atoms with Crippen LogP contribution in [0.1, 0.15) is 10.4 Å². The Hall–Kier alpha value is -2.09. The molecule has 3 rings (SSSR count). The minimum atomic E-state index is -0.892. The lowest BCUT2D eigenvalue weighted by Crippen LogP contribution is -2.37. The molecule has 1 saturated heterocycles. The SMILES string of the molecule is COC(=O)c1cccc(Oc2c(Cl)c(F)nc(N3CCOCC3)c2Cl)c1. The van der Waals surface area contributed by atoms with Crippen LogP contribution in [0.5, 0.6) is 11.5 Å². The monoisotopic (exact) mass is 400 g/mol. The van der Waals surface area contributed by atoms with Crippen molar-refractivity contribution in [2.24, 2.45) is 0 Å². The second-order valence-electron chi connectivity index (χ2n) is 5.40. The average Bonchev–Trinajstić information content (AvgIpc) is 2.68. The zero-order valence-corrected chi connectivity index (χ0v) is 15.3. The van der Waals surface area contributed by atoms with E-state index < -0.39 is 11.9 Å². The van der Waals surface area contributed by atoms with Crippen LogP contribution in [0.3, 0.4) is 0 Å². The van der Waals surface area contributed by atoms with Crippen LogP contribution in [-0.4, -0.2) is 44.4 Å². The Morgan fingerprint density at radius 1 is 1.27 bits per heavy atom. The normalized spacial score (nSPS) is 14.2. The number of benzene rings is 1. The highest BCUT2D eigenvalue weighted by Crippen LogP contribution is 2.42. The summed E-state index contributed by atoms with van der Waals surface area (Å²) >= 11 is 12.4. The van der Waals surface area contributed by atoms with Crippen LogP contribution >= 0.6 is 23.2 Å². The lowest BCUT2D eigenvalue weighted by molar-refractivity contribution is 0.0600. The minimum absolute atomic E-state index is 0.0654. The first-order valence-corrected chi connectivity index (χ1v) is 8.50. The Labute approximate surface area is 159 Å². The van der Waals surface area contributed by atoms with Crippen LogP contribution in [0.15, 0.2) is 24.3 Å². The number of hydrogen-bond donors (Lipinski definition) is 0. The number of halogens is 3. The summed E-state index contributed by atoms with van der Waals surface area (Å²) in [5.41, 5.74) is 0.278. The molecule has 2 heterocycles. The maximum absolute atomic E-state index is 14.2. The van der Waals surface area contributed by atoms with E-state index in [0.717, 1.165) is 0 Å². The molecule has 1 aliphatic rings. The third-order valence-electron chi connectivity index (χ3n) is 3.77. The summed E-state index contributed by atoms with van der Waals surface area (Å²) in [4.78, 5) is 17.3. The van der Waals surface area contributed by atoms with Gasteiger partial charge in [0.15, 0.2) is 11.6 Å². The lowest BCUT2D eigenvalue weighted by Gasteiger charge is -2.29. The number of anilines is 1. The van der Waals surface area contributed by atoms with Crippen LogP contribution in [0.2, 0.25) is 10.0 Å². The van der Waals surface area contributed by atoms with Gasteiger partial charge in [-0.1, -0.05) is 29.3 Å². The van der Waals surface area contributed by atoms with E-state index in [0.29, 0.717) is 26.3 Å². The second-order valence-corrected chi connectivity index (χ2v) is 6.16. The summed E-state index contributed by atoms with van der Waals surface area (Å²) in [6.07, 6.45) is 0. The Bertz CT molecular complexity index is 829. The first kappa shape index (κ1) is 18.7. The predicted molar refractivity (Wildman–Crippen MR) is 95.1 cm³/mol. The van der Waals surface area contributed by atoms with E-state index in [9.17, 15) is 9.18 Å². The van der Waals surface area contributed by atoms with Gasteiger partial charge in [0.05, 0.1) is 25.9 Å². The predicted octanol–water partition coefficient (Wildman–Crippen LogP) is 3.94. The summed E-state index contributed by atoms with van der Waals surface area (Å²) in [6.45, 7) is 2.01. The van der Waals surface area contributed by atoms with Gasteiger partial charge in [0.25, 0.3) is 0 Å². The smallest absolute Gasteiger partial charge is 0.337 e. The molecule has 6 nitrogen and oxygen atoms in total. The van der Waals surface area contributed by atoms with E-state index in [1.165, 1.54) is 13.2 Å². The Morgan fingerprint density at radius 3 is 2.69 bits per heavy atom. The van der Waals surface area contributed by atoms with Gasteiger partial charge in [-0.2, -0.15) is 9.37 Å². The fourth-order valence-electron chi connectivity index (χ4n) is 2.48. The number of methoxy groups -OCH3 is 1. The number of hydrogen-bond acceptors (Lipinski definition) is 6. The molecule has 1 aromatic carbocycles. The van der Waals surface area contributed by atoms with Crippen molar-refractivity contribution in [3.8, 4) is 11.5 Å². The van der Waals surface area contributed by atoms with Crippen molar-refractivity contribution < 1.29 is 23.4 Å². The van der Waals surface area contributed by atoms with E-state index in [-0.39, 0.29) is 32.9 Å². The molecule has 0 aliphatic carbocycles. The molecule has 0 N–H and O–H groups in total. The number of rotatable bonds is 4. The topological polar surface area (TPSA) is 60.9 Å². The highest BCUT2D eigenvalue weighted by molar-refractivity contribution is 6.38. The molecule has 1 fully saturated rings. The second kappa shape index (κ2) is 8.07. The van der Waals surface area contributed by atoms with Gasteiger partial charge in [-0.3, -0.25) is 0 Å². The minimum Gasteiger partial charge on any atom is -0.465 e. The standard InChI is InChI=1S/C17H15Cl2FN2O4/c1-24-17(23)10-3-2-4-11(9-10)26-14-12(18)15(20)21-16(13(14)19)22-5-7-25-8-6-22/h2-4,9H,5-8H2,1H3. The van der Waals surface area contributed by atoms with Crippen LogP contribution in [-0.2, 0) is 9.47 Å². The molecule has 0 amide bonds. The third-order valence-corrected chi connectivity index (χ3v) is 4.43. The molecule has 0 spiro atoms.